The number of hydrogen-bond donors (Lipinski definition) is 2. The van der Waals surface area contributed by atoms with Gasteiger partial charge in [0.05, 0.1) is 5.57 Å². The van der Waals surface area contributed by atoms with Crippen molar-refractivity contribution in [2.45, 2.75) is 65.3 Å². The minimum absolute atomic E-state index is 0.204. The predicted molar refractivity (Wildman–Crippen MR) is 174 cm³/mol. The molecule has 2 N–H and O–H groups in total. The van der Waals surface area contributed by atoms with Crippen LogP contribution in [0.4, 0.5) is 11.6 Å². The molecule has 42 heavy (non-hydrogen) atoms. The number of nitrogens with one attached hydrogen (secondary N) is 2. The van der Waals surface area contributed by atoms with Gasteiger partial charge in [-0.15, -0.1) is 5.10 Å². The molecule has 0 fully saturated rings. The summed E-state index contributed by atoms with van der Waals surface area (Å²) in [6.07, 6.45) is 2.18. The Hall–Kier alpha value is -3.56. The number of carbonyl (C=O) groups is 1. The summed E-state index contributed by atoms with van der Waals surface area (Å²) in [6, 6.07) is 19.5. The molecular weight excluding hydrogens is 610 g/mol. The van der Waals surface area contributed by atoms with Crippen LogP contribution in [-0.2, 0) is 11.4 Å². The Morgan fingerprint density at radius 3 is 2.64 bits per heavy atom. The standard InChI is InChI=1S/C33H36BrN5O2S/c1-6-7-17-42-33-37-32-35-23(5)29(31(40)36-27-14-10-12-20(2)22(27)4)30(39(32)38-33)26-18-25(34)15-16-28(26)41-19-24-13-9-8-11-21(24)3/h8-16,18,30H,6-7,17,19H2,1-5H3,(H,36,40)(H,35,37,38). The van der Waals surface area contributed by atoms with Crippen molar-refractivity contribution >= 4 is 45.2 Å². The minimum Gasteiger partial charge on any atom is -0.489 e. The first kappa shape index (κ1) is 29.9. The van der Waals surface area contributed by atoms with E-state index in [0.717, 1.165) is 62.3 Å². The third-order valence-corrected chi connectivity index (χ3v) is 8.99. The van der Waals surface area contributed by atoms with E-state index in [0.29, 0.717) is 29.0 Å². The molecule has 0 saturated carbocycles. The van der Waals surface area contributed by atoms with E-state index >= 15 is 0 Å². The van der Waals surface area contributed by atoms with Gasteiger partial charge in [-0.05, 0) is 80.6 Å². The maximum atomic E-state index is 14.1. The zero-order chi connectivity index (χ0) is 29.8. The van der Waals surface area contributed by atoms with Crippen LogP contribution in [0, 0.1) is 20.8 Å². The molecule has 1 unspecified atom stereocenters. The summed E-state index contributed by atoms with van der Waals surface area (Å²) in [4.78, 5) is 18.9. The molecule has 218 valence electrons. The van der Waals surface area contributed by atoms with E-state index in [1.54, 1.807) is 11.8 Å². The van der Waals surface area contributed by atoms with Gasteiger partial charge in [0.2, 0.25) is 11.1 Å². The molecule has 0 saturated heterocycles. The number of carbonyl (C=O) groups excluding carboxylic acids is 1. The van der Waals surface area contributed by atoms with Crippen LogP contribution in [0.1, 0.15) is 60.5 Å². The van der Waals surface area contributed by atoms with Crippen molar-refractivity contribution < 1.29 is 9.53 Å². The van der Waals surface area contributed by atoms with Gasteiger partial charge in [-0.2, -0.15) is 4.98 Å². The molecule has 9 heteroatoms. The Labute approximate surface area is 260 Å². The van der Waals surface area contributed by atoms with Crippen LogP contribution in [0.5, 0.6) is 5.75 Å². The molecule has 1 amide bonds. The molecule has 1 aromatic heterocycles. The van der Waals surface area contributed by atoms with Crippen LogP contribution >= 0.6 is 27.7 Å². The number of benzene rings is 3. The topological polar surface area (TPSA) is 81.1 Å². The number of ether oxygens (including phenoxy) is 1. The van der Waals surface area contributed by atoms with Crippen molar-refractivity contribution in [3.8, 4) is 5.75 Å². The van der Waals surface area contributed by atoms with Crippen molar-refractivity contribution in [2.75, 3.05) is 16.4 Å². The van der Waals surface area contributed by atoms with E-state index in [9.17, 15) is 4.79 Å². The largest absolute Gasteiger partial charge is 0.489 e. The molecule has 0 bridgehead atoms. The van der Waals surface area contributed by atoms with Crippen LogP contribution in [0.2, 0.25) is 0 Å². The monoisotopic (exact) mass is 645 g/mol. The first-order valence-electron chi connectivity index (χ1n) is 14.2. The zero-order valence-electron chi connectivity index (χ0n) is 24.6. The molecule has 5 rings (SSSR count). The Morgan fingerprint density at radius 2 is 1.86 bits per heavy atom. The van der Waals surface area contributed by atoms with Crippen molar-refractivity contribution in [3.05, 3.63) is 104 Å². The zero-order valence-corrected chi connectivity index (χ0v) is 27.0. The molecule has 7 nitrogen and oxygen atoms in total. The van der Waals surface area contributed by atoms with Gasteiger partial charge in [0.25, 0.3) is 5.91 Å². The van der Waals surface area contributed by atoms with Gasteiger partial charge in [0, 0.05) is 27.2 Å². The summed E-state index contributed by atoms with van der Waals surface area (Å²) in [5.74, 6) is 2.01. The van der Waals surface area contributed by atoms with Gasteiger partial charge >= 0.3 is 0 Å². The highest BCUT2D eigenvalue weighted by molar-refractivity contribution is 9.10. The highest BCUT2D eigenvalue weighted by Gasteiger charge is 2.36. The molecule has 4 aromatic rings. The summed E-state index contributed by atoms with van der Waals surface area (Å²) < 4.78 is 9.17. The average Bonchev–Trinajstić information content (AvgIpc) is 3.37. The number of halogens is 1. The van der Waals surface area contributed by atoms with E-state index in [1.807, 2.05) is 74.0 Å². The summed E-state index contributed by atoms with van der Waals surface area (Å²) >= 11 is 5.29. The molecule has 1 atom stereocenters. The quantitative estimate of drug-likeness (QED) is 0.133. The Balaban J connectivity index is 1.58. The first-order chi connectivity index (χ1) is 20.3. The Bertz CT molecular complexity index is 1650. The molecule has 1 aliphatic heterocycles. The highest BCUT2D eigenvalue weighted by atomic mass is 79.9. The number of nitrogens with zero attached hydrogens (tertiary/aromatic N) is 3. The number of unbranched alkanes of at least 4 members (excludes halogenated alkanes) is 1. The lowest BCUT2D eigenvalue weighted by Gasteiger charge is -2.30. The number of thioether (sulfide) groups is 1. The number of aryl methyl sites for hydroxylation is 2. The third kappa shape index (κ3) is 6.42. The van der Waals surface area contributed by atoms with Gasteiger partial charge in [-0.25, -0.2) is 4.68 Å². The van der Waals surface area contributed by atoms with Gasteiger partial charge in [-0.3, -0.25) is 4.79 Å². The fraction of sp³-hybridized carbons (Fsp3) is 0.303. The van der Waals surface area contributed by atoms with Gasteiger partial charge in [0.1, 0.15) is 18.4 Å². The van der Waals surface area contributed by atoms with E-state index in [-0.39, 0.29) is 5.91 Å². The van der Waals surface area contributed by atoms with Crippen molar-refractivity contribution in [1.29, 1.82) is 0 Å². The molecule has 3 aromatic carbocycles. The lowest BCUT2D eigenvalue weighted by Crippen LogP contribution is -2.32. The maximum absolute atomic E-state index is 14.1. The van der Waals surface area contributed by atoms with Gasteiger partial charge < -0.3 is 15.4 Å². The fourth-order valence-corrected chi connectivity index (χ4v) is 6.24. The van der Waals surface area contributed by atoms with Crippen LogP contribution in [0.15, 0.2) is 81.6 Å². The predicted octanol–water partition coefficient (Wildman–Crippen LogP) is 8.36. The minimum atomic E-state index is -0.566. The summed E-state index contributed by atoms with van der Waals surface area (Å²) in [5, 5.41) is 12.1. The van der Waals surface area contributed by atoms with Crippen LogP contribution < -0.4 is 15.4 Å². The second-order valence-electron chi connectivity index (χ2n) is 10.5. The lowest BCUT2D eigenvalue weighted by atomic mass is 9.94. The lowest BCUT2D eigenvalue weighted by molar-refractivity contribution is -0.113. The highest BCUT2D eigenvalue weighted by Crippen LogP contribution is 2.41. The molecule has 0 radical (unpaired) electrons. The number of hydrogen-bond acceptors (Lipinski definition) is 6. The third-order valence-electron chi connectivity index (χ3n) is 7.57. The maximum Gasteiger partial charge on any atom is 0.255 e. The van der Waals surface area contributed by atoms with Crippen LogP contribution in [0.3, 0.4) is 0 Å². The van der Waals surface area contributed by atoms with Crippen LogP contribution in [-0.4, -0.2) is 26.4 Å². The number of aromatic nitrogens is 3. The van der Waals surface area contributed by atoms with Gasteiger partial charge in [0.15, 0.2) is 0 Å². The average molecular weight is 647 g/mol. The van der Waals surface area contributed by atoms with Crippen LogP contribution in [0.25, 0.3) is 0 Å². The second-order valence-corrected chi connectivity index (χ2v) is 12.5. The molecular formula is C33H36BrN5O2S. The van der Waals surface area contributed by atoms with E-state index in [2.05, 4.69) is 52.5 Å². The first-order valence-corrected chi connectivity index (χ1v) is 16.0. The van der Waals surface area contributed by atoms with E-state index < -0.39 is 6.04 Å². The van der Waals surface area contributed by atoms with E-state index in [4.69, 9.17) is 14.8 Å². The number of allylic oxidation sites excluding steroid dienone is 1. The molecule has 0 spiro atoms. The number of anilines is 2. The van der Waals surface area contributed by atoms with Gasteiger partial charge in [-0.1, -0.05) is 77.4 Å². The molecule has 0 aliphatic carbocycles. The van der Waals surface area contributed by atoms with Crippen molar-refractivity contribution in [3.63, 3.8) is 0 Å². The number of fused-ring (bicyclic) bond motifs is 1. The number of amides is 1. The van der Waals surface area contributed by atoms with Crippen molar-refractivity contribution in [2.24, 2.45) is 0 Å². The SMILES string of the molecule is CCCCSc1nc2n(n1)C(c1cc(Br)ccc1OCc1ccccc1C)C(C(=O)Nc1cccc(C)c1C)=C(C)N2. The smallest absolute Gasteiger partial charge is 0.255 e. The number of rotatable bonds is 10. The molecule has 1 aliphatic rings. The van der Waals surface area contributed by atoms with E-state index in [1.165, 1.54) is 0 Å². The second kappa shape index (κ2) is 13.2. The summed E-state index contributed by atoms with van der Waals surface area (Å²) in [6.45, 7) is 10.6. The summed E-state index contributed by atoms with van der Waals surface area (Å²) in [5.41, 5.74) is 7.29. The summed E-state index contributed by atoms with van der Waals surface area (Å²) in [7, 11) is 0. The Kier molecular flexibility index (Phi) is 9.38. The molecule has 2 heterocycles. The Morgan fingerprint density at radius 1 is 1.07 bits per heavy atom. The van der Waals surface area contributed by atoms with Crippen molar-refractivity contribution in [1.82, 2.24) is 14.8 Å². The normalized spacial score (nSPS) is 14.4. The fourth-order valence-electron chi connectivity index (χ4n) is 4.95.